The van der Waals surface area contributed by atoms with Gasteiger partial charge in [-0.05, 0) is 0 Å². The Bertz CT molecular complexity index is 1960. The molecule has 1 aliphatic rings. The molecule has 0 radical (unpaired) electrons. The van der Waals surface area contributed by atoms with Gasteiger partial charge in [0.15, 0.2) is 46.5 Å². The number of nitrogens with zero attached hydrogens (tertiary/aromatic N) is 6. The molecule has 4 rings (SSSR count). The Balaban J connectivity index is 2.34. The van der Waals surface area contributed by atoms with Crippen LogP contribution >= 0.6 is 0 Å². The summed E-state index contributed by atoms with van der Waals surface area (Å²) >= 11 is 0. The van der Waals surface area contributed by atoms with Crippen molar-refractivity contribution in [3.05, 3.63) is 109 Å². The highest BCUT2D eigenvalue weighted by Gasteiger charge is 2.46. The lowest BCUT2D eigenvalue weighted by atomic mass is 9.99. The smallest absolute Gasteiger partial charge is 0.203 e. The molecule has 44 heavy (non-hydrogen) atoms. The number of nitriles is 4. The maximum absolute atomic E-state index is 14.9. The van der Waals surface area contributed by atoms with Crippen LogP contribution in [0.1, 0.15) is 22.3 Å². The molecule has 0 spiro atoms. The van der Waals surface area contributed by atoms with E-state index in [0.29, 0.717) is 0 Å². The van der Waals surface area contributed by atoms with Gasteiger partial charge < -0.3 is 0 Å². The highest BCUT2D eigenvalue weighted by Crippen LogP contribution is 2.57. The number of pyridine rings is 2. The van der Waals surface area contributed by atoms with E-state index in [2.05, 4.69) is 9.97 Å². The number of hydrogen-bond acceptors (Lipinski definition) is 6. The second kappa shape index (κ2) is 10.9. The normalized spacial score (nSPS) is 15.5. The van der Waals surface area contributed by atoms with Crippen LogP contribution in [0, 0.1) is 116 Å². The minimum atomic E-state index is -2.48. The largest absolute Gasteiger partial charge is 0.252 e. The van der Waals surface area contributed by atoms with Gasteiger partial charge in [0.05, 0.1) is 33.4 Å². The van der Waals surface area contributed by atoms with E-state index >= 15 is 0 Å². The van der Waals surface area contributed by atoms with E-state index in [-0.39, 0.29) is 0 Å². The SMILES string of the molecule is N#CC(=C1C(=C(/C#N)c2c(F)c(F)nc(F)c2F)/C1=C(/C#N)c1c(F)c(F)nc(F)c1F)c1c(F)c(F)c(C#N)c(F)c1F. The molecule has 2 aromatic heterocycles. The van der Waals surface area contributed by atoms with Crippen LogP contribution < -0.4 is 0 Å². The number of rotatable bonds is 3. The standard InChI is InChI=1S/C26F12N6/c27-15-8(4-42)16(28)18(30)12(17(15)29)5(1-39)9-10(6(2-40)13-19(31)23(35)43-24(36)20(13)32)11(9)7(3-41)14-21(33)25(37)44-26(38)22(14)34/b9-5?,10-6-,11-7+. The third-order valence-corrected chi connectivity index (χ3v) is 5.89. The zero-order valence-corrected chi connectivity index (χ0v) is 20.2. The molecule has 0 unspecified atom stereocenters. The Morgan fingerprint density at radius 3 is 0.864 bits per heavy atom. The van der Waals surface area contributed by atoms with Crippen LogP contribution in [0.3, 0.4) is 0 Å². The molecular formula is C26F12N6. The molecule has 1 fully saturated rings. The maximum atomic E-state index is 14.9. The Labute approximate surface area is 234 Å². The van der Waals surface area contributed by atoms with E-state index in [1.165, 1.54) is 0 Å². The van der Waals surface area contributed by atoms with Gasteiger partial charge in [0.25, 0.3) is 23.8 Å². The van der Waals surface area contributed by atoms with Gasteiger partial charge >= 0.3 is 0 Å². The molecule has 218 valence electrons. The minimum absolute atomic E-state index is 0.781. The van der Waals surface area contributed by atoms with Gasteiger partial charge in [0.2, 0.25) is 0 Å². The molecule has 2 heterocycles. The van der Waals surface area contributed by atoms with Crippen molar-refractivity contribution in [2.75, 3.05) is 0 Å². The summed E-state index contributed by atoms with van der Waals surface area (Å²) in [7, 11) is 0. The van der Waals surface area contributed by atoms with Crippen LogP contribution in [-0.4, -0.2) is 9.97 Å². The molecule has 0 aliphatic heterocycles. The highest BCUT2D eigenvalue weighted by molar-refractivity contribution is 6.12. The number of benzene rings is 1. The lowest BCUT2D eigenvalue weighted by molar-refractivity contribution is 0.404. The molecule has 6 nitrogen and oxygen atoms in total. The van der Waals surface area contributed by atoms with Gasteiger partial charge in [-0.25, -0.2) is 35.1 Å². The summed E-state index contributed by atoms with van der Waals surface area (Å²) in [5.41, 5.74) is -16.9. The summed E-state index contributed by atoms with van der Waals surface area (Å²) in [5.74, 6) is -29.1. The van der Waals surface area contributed by atoms with E-state index in [9.17, 15) is 68.5 Å². The van der Waals surface area contributed by atoms with Crippen molar-refractivity contribution < 1.29 is 52.7 Å². The summed E-state index contributed by atoms with van der Waals surface area (Å²) in [6.45, 7) is 0. The van der Waals surface area contributed by atoms with Crippen LogP contribution in [0.2, 0.25) is 0 Å². The summed E-state index contributed by atoms with van der Waals surface area (Å²) in [6, 6.07) is 3.73. The molecule has 3 aromatic rings. The van der Waals surface area contributed by atoms with Crippen LogP contribution in [-0.2, 0) is 0 Å². The first-order chi connectivity index (χ1) is 20.7. The fourth-order valence-electron chi connectivity index (χ4n) is 4.01. The van der Waals surface area contributed by atoms with Crippen molar-refractivity contribution in [2.45, 2.75) is 0 Å². The van der Waals surface area contributed by atoms with Gasteiger partial charge in [-0.1, -0.05) is 0 Å². The number of allylic oxidation sites excluding steroid dienone is 6. The third-order valence-electron chi connectivity index (χ3n) is 5.89. The lowest BCUT2D eigenvalue weighted by Gasteiger charge is -2.07. The first kappa shape index (κ1) is 30.8. The van der Waals surface area contributed by atoms with Crippen molar-refractivity contribution in [1.82, 2.24) is 9.97 Å². The molecule has 0 bridgehead atoms. The molecule has 1 aromatic carbocycles. The quantitative estimate of drug-likeness (QED) is 0.147. The predicted molar refractivity (Wildman–Crippen MR) is 117 cm³/mol. The van der Waals surface area contributed by atoms with E-state index in [0.717, 1.165) is 24.3 Å². The monoisotopic (exact) mass is 624 g/mol. The van der Waals surface area contributed by atoms with Crippen LogP contribution in [0.5, 0.6) is 0 Å². The fourth-order valence-corrected chi connectivity index (χ4v) is 4.01. The Kier molecular flexibility index (Phi) is 7.65. The third kappa shape index (κ3) is 4.37. The van der Waals surface area contributed by atoms with Gasteiger partial charge in [-0.3, -0.25) is 0 Å². The zero-order chi connectivity index (χ0) is 32.9. The summed E-state index contributed by atoms with van der Waals surface area (Å²) in [5, 5.41) is 37.8. The fraction of sp³-hybridized carbons (Fsp3) is 0. The van der Waals surface area contributed by atoms with Crippen LogP contribution in [0.15, 0.2) is 16.7 Å². The average molecular weight is 624 g/mol. The Morgan fingerprint density at radius 1 is 0.386 bits per heavy atom. The second-order valence-electron chi connectivity index (χ2n) is 8.10. The molecular weight excluding hydrogens is 624 g/mol. The van der Waals surface area contributed by atoms with E-state index in [4.69, 9.17) is 5.26 Å². The minimum Gasteiger partial charge on any atom is -0.203 e. The van der Waals surface area contributed by atoms with Crippen LogP contribution in [0.25, 0.3) is 16.7 Å². The van der Waals surface area contributed by atoms with Gasteiger partial charge in [-0.15, -0.1) is 0 Å². The summed E-state index contributed by atoms with van der Waals surface area (Å²) in [4.78, 5) is 4.45. The molecule has 1 aliphatic carbocycles. The average Bonchev–Trinajstić information content (AvgIpc) is 3.70. The van der Waals surface area contributed by atoms with Crippen LogP contribution in [0.4, 0.5) is 52.7 Å². The molecule has 0 N–H and O–H groups in total. The molecule has 0 amide bonds. The Hall–Kier alpha value is -6.14. The number of aromatic nitrogens is 2. The van der Waals surface area contributed by atoms with Crippen molar-refractivity contribution >= 4 is 16.7 Å². The van der Waals surface area contributed by atoms with Crippen molar-refractivity contribution in [3.8, 4) is 24.3 Å². The van der Waals surface area contributed by atoms with Crippen molar-refractivity contribution in [3.63, 3.8) is 0 Å². The summed E-state index contributed by atoms with van der Waals surface area (Å²) < 4.78 is 173. The van der Waals surface area contributed by atoms with Gasteiger partial charge in [0, 0.05) is 16.7 Å². The highest BCUT2D eigenvalue weighted by atomic mass is 19.2. The molecule has 18 heteroatoms. The number of halogens is 12. The van der Waals surface area contributed by atoms with Crippen molar-refractivity contribution in [1.29, 1.82) is 21.0 Å². The van der Waals surface area contributed by atoms with Gasteiger partial charge in [-0.2, -0.15) is 48.6 Å². The maximum Gasteiger partial charge on any atom is 0.252 e. The molecule has 0 atom stereocenters. The first-order valence-corrected chi connectivity index (χ1v) is 10.8. The van der Waals surface area contributed by atoms with Gasteiger partial charge in [0.1, 0.15) is 29.8 Å². The summed E-state index contributed by atoms with van der Waals surface area (Å²) in [6.07, 6.45) is 0. The van der Waals surface area contributed by atoms with E-state index in [1.807, 2.05) is 0 Å². The van der Waals surface area contributed by atoms with E-state index < -0.39 is 126 Å². The predicted octanol–water partition coefficient (Wildman–Crippen LogP) is 6.26. The second-order valence-corrected chi connectivity index (χ2v) is 8.10. The first-order valence-electron chi connectivity index (χ1n) is 10.8. The van der Waals surface area contributed by atoms with E-state index in [1.54, 1.807) is 0 Å². The molecule has 0 saturated heterocycles. The topological polar surface area (TPSA) is 121 Å². The molecule has 1 saturated carbocycles. The Morgan fingerprint density at radius 2 is 0.636 bits per heavy atom. The zero-order valence-electron chi connectivity index (χ0n) is 20.2. The number of hydrogen-bond donors (Lipinski definition) is 0. The van der Waals surface area contributed by atoms with Crippen molar-refractivity contribution in [2.24, 2.45) is 0 Å². The lowest BCUT2D eigenvalue weighted by Crippen LogP contribution is -2.06.